The minimum Gasteiger partial charge on any atom is -0.392 e. The van der Waals surface area contributed by atoms with Crippen LogP contribution in [0.5, 0.6) is 0 Å². The Labute approximate surface area is 167 Å². The average Bonchev–Trinajstić information content (AvgIpc) is 3.10. The van der Waals surface area contributed by atoms with E-state index in [0.717, 1.165) is 12.8 Å². The van der Waals surface area contributed by atoms with Gasteiger partial charge in [0, 0.05) is 36.6 Å². The van der Waals surface area contributed by atoms with E-state index in [2.05, 4.69) is 12.0 Å². The quantitative estimate of drug-likeness (QED) is 0.730. The molecule has 0 spiro atoms. The van der Waals surface area contributed by atoms with Gasteiger partial charge in [-0.25, -0.2) is 8.91 Å². The highest BCUT2D eigenvalue weighted by molar-refractivity contribution is 5.76. The molecule has 1 aliphatic heterocycles. The third kappa shape index (κ3) is 3.67. The van der Waals surface area contributed by atoms with Crippen LogP contribution in [0, 0.1) is 11.7 Å². The Morgan fingerprint density at radius 2 is 2.03 bits per heavy atom. The minimum absolute atomic E-state index is 0.0516. The summed E-state index contributed by atoms with van der Waals surface area (Å²) in [5.74, 6) is -0.0104. The van der Waals surface area contributed by atoms with Gasteiger partial charge in [0.1, 0.15) is 17.9 Å². The second kappa shape index (κ2) is 7.79. The second-order valence-electron chi connectivity index (χ2n) is 7.60. The summed E-state index contributed by atoms with van der Waals surface area (Å²) >= 11 is 0. The summed E-state index contributed by atoms with van der Waals surface area (Å²) in [5, 5.41) is 14.3. The van der Waals surface area contributed by atoms with Gasteiger partial charge >= 0.3 is 0 Å². The van der Waals surface area contributed by atoms with Crippen LogP contribution in [0.4, 0.5) is 4.39 Å². The van der Waals surface area contributed by atoms with E-state index in [4.69, 9.17) is 0 Å². The first-order chi connectivity index (χ1) is 14.0. The van der Waals surface area contributed by atoms with Gasteiger partial charge in [-0.05, 0) is 43.0 Å². The van der Waals surface area contributed by atoms with Crippen LogP contribution in [0.3, 0.4) is 0 Å². The Bertz CT molecular complexity index is 1100. The number of halogens is 1. The van der Waals surface area contributed by atoms with Crippen molar-refractivity contribution in [3.05, 3.63) is 58.4 Å². The van der Waals surface area contributed by atoms with Gasteiger partial charge in [-0.3, -0.25) is 9.59 Å². The van der Waals surface area contributed by atoms with Crippen LogP contribution in [0.15, 0.2) is 41.5 Å². The number of nitrogens with zero attached hydrogens (tertiary/aromatic N) is 4. The van der Waals surface area contributed by atoms with Gasteiger partial charge in [0.25, 0.3) is 5.56 Å². The fraction of sp³-hybridized carbons (Fsp3) is 0.381. The molecule has 3 heterocycles. The smallest absolute Gasteiger partial charge is 0.277 e. The predicted octanol–water partition coefficient (Wildman–Crippen LogP) is 2.05. The molecule has 152 valence electrons. The molecule has 1 fully saturated rings. The summed E-state index contributed by atoms with van der Waals surface area (Å²) in [7, 11) is 0. The zero-order chi connectivity index (χ0) is 20.5. The zero-order valence-corrected chi connectivity index (χ0v) is 16.2. The average molecular weight is 398 g/mol. The van der Waals surface area contributed by atoms with Crippen LogP contribution < -0.4 is 5.56 Å². The number of amides is 1. The maximum Gasteiger partial charge on any atom is 0.277 e. The first-order valence-electron chi connectivity index (χ1n) is 9.73. The molecule has 1 unspecified atom stereocenters. The monoisotopic (exact) mass is 398 g/mol. The molecule has 1 amide bonds. The maximum atomic E-state index is 13.2. The number of piperidine rings is 1. The van der Waals surface area contributed by atoms with Gasteiger partial charge in [0.2, 0.25) is 5.91 Å². The summed E-state index contributed by atoms with van der Waals surface area (Å²) in [5.41, 5.74) is 1.20. The Balaban J connectivity index is 1.70. The molecule has 3 aromatic rings. The van der Waals surface area contributed by atoms with E-state index in [9.17, 15) is 19.1 Å². The molecule has 0 aliphatic carbocycles. The third-order valence-corrected chi connectivity index (χ3v) is 5.45. The van der Waals surface area contributed by atoms with Crippen LogP contribution in [0.2, 0.25) is 0 Å². The molecule has 1 aromatic carbocycles. The van der Waals surface area contributed by atoms with Crippen LogP contribution in [-0.2, 0) is 17.9 Å². The first kappa shape index (κ1) is 19.3. The summed E-state index contributed by atoms with van der Waals surface area (Å²) in [6, 6.07) is 5.71. The number of aliphatic hydroxyl groups is 1. The second-order valence-corrected chi connectivity index (χ2v) is 7.60. The molecular weight excluding hydrogens is 375 g/mol. The zero-order valence-electron chi connectivity index (χ0n) is 16.2. The highest BCUT2D eigenvalue weighted by Gasteiger charge is 2.23. The molecule has 1 atom stereocenters. The van der Waals surface area contributed by atoms with Gasteiger partial charge in [-0.2, -0.15) is 5.10 Å². The van der Waals surface area contributed by atoms with Crippen molar-refractivity contribution in [2.24, 2.45) is 5.92 Å². The molecule has 8 heteroatoms. The van der Waals surface area contributed by atoms with E-state index in [1.165, 1.54) is 27.4 Å². The Morgan fingerprint density at radius 3 is 2.72 bits per heavy atom. The molecule has 1 saturated heterocycles. The van der Waals surface area contributed by atoms with Gasteiger partial charge in [0.05, 0.1) is 12.3 Å². The number of aromatic nitrogens is 3. The van der Waals surface area contributed by atoms with E-state index in [-0.39, 0.29) is 23.8 Å². The van der Waals surface area contributed by atoms with E-state index in [1.807, 2.05) is 0 Å². The van der Waals surface area contributed by atoms with Crippen molar-refractivity contribution in [2.45, 2.75) is 32.9 Å². The lowest BCUT2D eigenvalue weighted by molar-refractivity contribution is -0.133. The van der Waals surface area contributed by atoms with Crippen molar-refractivity contribution in [1.82, 2.24) is 19.1 Å². The SMILES string of the molecule is CC1CCCN(C(=O)Cn2ccn3nc(-c4ccc(F)cc4)c(CO)c3c2=O)C1. The van der Waals surface area contributed by atoms with E-state index < -0.39 is 12.2 Å². The van der Waals surface area contributed by atoms with Gasteiger partial charge < -0.3 is 14.6 Å². The first-order valence-corrected chi connectivity index (χ1v) is 9.73. The highest BCUT2D eigenvalue weighted by Crippen LogP contribution is 2.25. The van der Waals surface area contributed by atoms with E-state index in [1.54, 1.807) is 23.2 Å². The minimum atomic E-state index is -0.396. The van der Waals surface area contributed by atoms with Crippen LogP contribution in [0.1, 0.15) is 25.3 Å². The number of benzene rings is 1. The standard InChI is InChI=1S/C21H23FN4O3/c1-14-3-2-8-24(11-14)18(28)12-25-9-10-26-20(21(25)29)17(13-27)19(23-26)15-4-6-16(22)7-5-15/h4-7,9-10,14,27H,2-3,8,11-13H2,1H3. The van der Waals surface area contributed by atoms with Gasteiger partial charge in [0.15, 0.2) is 0 Å². The van der Waals surface area contributed by atoms with Gasteiger partial charge in [-0.1, -0.05) is 6.92 Å². The summed E-state index contributed by atoms with van der Waals surface area (Å²) < 4.78 is 16.0. The number of hydrogen-bond donors (Lipinski definition) is 1. The third-order valence-electron chi connectivity index (χ3n) is 5.45. The summed E-state index contributed by atoms with van der Waals surface area (Å²) in [6.07, 6.45) is 5.20. The number of fused-ring (bicyclic) bond motifs is 1. The molecule has 0 radical (unpaired) electrons. The van der Waals surface area contributed by atoms with Crippen molar-refractivity contribution in [3.8, 4) is 11.3 Å². The molecule has 1 aliphatic rings. The molecule has 4 rings (SSSR count). The number of carbonyl (C=O) groups is 1. The number of aliphatic hydroxyl groups excluding tert-OH is 1. The molecule has 1 N–H and O–H groups in total. The lowest BCUT2D eigenvalue weighted by atomic mass is 10.0. The topological polar surface area (TPSA) is 79.8 Å². The lowest BCUT2D eigenvalue weighted by Gasteiger charge is -2.31. The molecule has 0 bridgehead atoms. The number of likely N-dealkylation sites (tertiary alicyclic amines) is 1. The Kier molecular flexibility index (Phi) is 5.19. The van der Waals surface area contributed by atoms with Crippen molar-refractivity contribution in [3.63, 3.8) is 0 Å². The molecule has 29 heavy (non-hydrogen) atoms. The van der Waals surface area contributed by atoms with Crippen molar-refractivity contribution >= 4 is 11.4 Å². The molecular formula is C21H23FN4O3. The van der Waals surface area contributed by atoms with Crippen LogP contribution >= 0.6 is 0 Å². The Morgan fingerprint density at radius 1 is 1.28 bits per heavy atom. The van der Waals surface area contributed by atoms with Crippen LogP contribution in [-0.4, -0.2) is 43.2 Å². The molecule has 2 aromatic heterocycles. The normalized spacial score (nSPS) is 17.1. The Hall–Kier alpha value is -3.00. The largest absolute Gasteiger partial charge is 0.392 e. The maximum absolute atomic E-state index is 13.2. The number of rotatable bonds is 4. The van der Waals surface area contributed by atoms with Crippen molar-refractivity contribution in [1.29, 1.82) is 0 Å². The highest BCUT2D eigenvalue weighted by atomic mass is 19.1. The number of carbonyl (C=O) groups excluding carboxylic acids is 1. The van der Waals surface area contributed by atoms with Crippen LogP contribution in [0.25, 0.3) is 16.8 Å². The molecule has 7 nitrogen and oxygen atoms in total. The predicted molar refractivity (Wildman–Crippen MR) is 106 cm³/mol. The summed E-state index contributed by atoms with van der Waals surface area (Å²) in [6.45, 7) is 3.09. The van der Waals surface area contributed by atoms with Gasteiger partial charge in [-0.15, -0.1) is 0 Å². The van der Waals surface area contributed by atoms with E-state index in [0.29, 0.717) is 35.8 Å². The van der Waals surface area contributed by atoms with E-state index >= 15 is 0 Å². The molecule has 0 saturated carbocycles. The summed E-state index contributed by atoms with van der Waals surface area (Å²) in [4.78, 5) is 27.5. The van der Waals surface area contributed by atoms with Crippen molar-refractivity contribution < 1.29 is 14.3 Å². The lowest BCUT2D eigenvalue weighted by Crippen LogP contribution is -2.42. The van der Waals surface area contributed by atoms with Crippen molar-refractivity contribution in [2.75, 3.05) is 13.1 Å². The number of hydrogen-bond acceptors (Lipinski definition) is 4. The fourth-order valence-corrected chi connectivity index (χ4v) is 3.93. The fourth-order valence-electron chi connectivity index (χ4n) is 3.93.